The minimum atomic E-state index is 0.793. The fourth-order valence-electron chi connectivity index (χ4n) is 3.69. The van der Waals surface area contributed by atoms with Gasteiger partial charge < -0.3 is 5.32 Å². The lowest BCUT2D eigenvalue weighted by Crippen LogP contribution is -2.47. The van der Waals surface area contributed by atoms with Crippen LogP contribution in [-0.2, 0) is 0 Å². The van der Waals surface area contributed by atoms with Crippen LogP contribution in [0.1, 0.15) is 59.8 Å². The predicted molar refractivity (Wildman–Crippen MR) is 70.5 cm³/mol. The Morgan fingerprint density at radius 2 is 1.25 bits per heavy atom. The van der Waals surface area contributed by atoms with Crippen LogP contribution in [0.4, 0.5) is 0 Å². The van der Waals surface area contributed by atoms with Crippen LogP contribution in [0, 0.1) is 23.7 Å². The van der Waals surface area contributed by atoms with E-state index in [0.29, 0.717) is 0 Å². The maximum atomic E-state index is 3.98. The molecule has 0 aromatic heterocycles. The van der Waals surface area contributed by atoms with Gasteiger partial charge in [0, 0.05) is 12.1 Å². The minimum Gasteiger partial charge on any atom is -0.311 e. The summed E-state index contributed by atoms with van der Waals surface area (Å²) in [4.78, 5) is 0. The highest BCUT2D eigenvalue weighted by atomic mass is 15.0. The van der Waals surface area contributed by atoms with Gasteiger partial charge in [0.05, 0.1) is 0 Å². The maximum Gasteiger partial charge on any atom is 0.00980 e. The molecule has 0 saturated heterocycles. The fourth-order valence-corrected chi connectivity index (χ4v) is 3.69. The monoisotopic (exact) mass is 223 g/mol. The van der Waals surface area contributed by atoms with E-state index in [-0.39, 0.29) is 0 Å². The van der Waals surface area contributed by atoms with Gasteiger partial charge in [0.15, 0.2) is 0 Å². The number of nitrogens with one attached hydrogen (secondary N) is 1. The Bertz CT molecular complexity index is 225. The van der Waals surface area contributed by atoms with Crippen molar-refractivity contribution in [1.82, 2.24) is 5.32 Å². The van der Waals surface area contributed by atoms with Crippen LogP contribution in [-0.4, -0.2) is 12.1 Å². The molecule has 0 spiro atoms. The molecule has 2 aliphatic carbocycles. The van der Waals surface area contributed by atoms with Gasteiger partial charge in [-0.05, 0) is 42.9 Å². The van der Waals surface area contributed by atoms with Crippen LogP contribution in [0.5, 0.6) is 0 Å². The van der Waals surface area contributed by atoms with Gasteiger partial charge in [0.2, 0.25) is 0 Å². The molecule has 0 aromatic carbocycles. The zero-order valence-electron chi connectivity index (χ0n) is 11.5. The molecule has 1 heteroatoms. The summed E-state index contributed by atoms with van der Waals surface area (Å²) < 4.78 is 0. The molecule has 2 aliphatic rings. The smallest absolute Gasteiger partial charge is 0.00980 e. The van der Waals surface area contributed by atoms with Crippen molar-refractivity contribution in [3.8, 4) is 0 Å². The molecule has 1 nitrogen and oxygen atoms in total. The van der Waals surface area contributed by atoms with Gasteiger partial charge >= 0.3 is 0 Å². The Kier molecular flexibility index (Phi) is 3.94. The van der Waals surface area contributed by atoms with Gasteiger partial charge in [0.1, 0.15) is 0 Å². The summed E-state index contributed by atoms with van der Waals surface area (Å²) in [7, 11) is 0. The van der Waals surface area contributed by atoms with Gasteiger partial charge in [-0.3, -0.25) is 0 Å². The molecular formula is C15H29N. The third-order valence-electron chi connectivity index (χ3n) is 5.60. The van der Waals surface area contributed by atoms with Crippen molar-refractivity contribution in [2.75, 3.05) is 0 Å². The van der Waals surface area contributed by atoms with E-state index in [0.717, 1.165) is 35.8 Å². The fraction of sp³-hybridized carbons (Fsp3) is 1.00. The first-order valence-corrected chi connectivity index (χ1v) is 7.35. The summed E-state index contributed by atoms with van der Waals surface area (Å²) in [6.45, 7) is 9.73. The summed E-state index contributed by atoms with van der Waals surface area (Å²) >= 11 is 0. The van der Waals surface area contributed by atoms with Gasteiger partial charge in [0.25, 0.3) is 0 Å². The van der Waals surface area contributed by atoms with Gasteiger partial charge in [-0.15, -0.1) is 0 Å². The van der Waals surface area contributed by atoms with Crippen LogP contribution in [0.3, 0.4) is 0 Å². The molecular weight excluding hydrogens is 194 g/mol. The van der Waals surface area contributed by atoms with Crippen LogP contribution in [0.15, 0.2) is 0 Å². The van der Waals surface area contributed by atoms with E-state index in [2.05, 4.69) is 33.0 Å². The van der Waals surface area contributed by atoms with Crippen molar-refractivity contribution in [3.63, 3.8) is 0 Å². The Morgan fingerprint density at radius 1 is 0.688 bits per heavy atom. The normalized spacial score (nSPS) is 49.5. The van der Waals surface area contributed by atoms with E-state index < -0.39 is 0 Å². The summed E-state index contributed by atoms with van der Waals surface area (Å²) in [5.41, 5.74) is 0. The highest BCUT2D eigenvalue weighted by Crippen LogP contribution is 2.35. The summed E-state index contributed by atoms with van der Waals surface area (Å²) in [5, 5.41) is 3.98. The lowest BCUT2D eigenvalue weighted by atomic mass is 9.77. The van der Waals surface area contributed by atoms with Crippen molar-refractivity contribution in [3.05, 3.63) is 0 Å². The average molecular weight is 223 g/mol. The highest BCUT2D eigenvalue weighted by Gasteiger charge is 2.34. The minimum absolute atomic E-state index is 0.793. The van der Waals surface area contributed by atoms with Crippen molar-refractivity contribution in [1.29, 1.82) is 0 Å². The quantitative estimate of drug-likeness (QED) is 0.750. The molecule has 0 radical (unpaired) electrons. The summed E-state index contributed by atoms with van der Waals surface area (Å²) in [6.07, 6.45) is 7.11. The molecule has 94 valence electrons. The third-order valence-corrected chi connectivity index (χ3v) is 5.60. The molecule has 2 saturated carbocycles. The third kappa shape index (κ3) is 2.45. The van der Waals surface area contributed by atoms with Gasteiger partial charge in [-0.1, -0.05) is 40.5 Å². The Hall–Kier alpha value is -0.0400. The average Bonchev–Trinajstić information content (AvgIpc) is 2.57. The zero-order chi connectivity index (χ0) is 11.7. The summed E-state index contributed by atoms with van der Waals surface area (Å²) in [6, 6.07) is 1.59. The Morgan fingerprint density at radius 3 is 1.88 bits per heavy atom. The van der Waals surface area contributed by atoms with Crippen LogP contribution >= 0.6 is 0 Å². The standard InChI is InChI=1S/C15H29N/c1-10-6-5-7-14(12(10)3)16-15-9-8-11(2)13(15)4/h10-16H,5-9H2,1-4H3. The second-order valence-electron chi connectivity index (χ2n) is 6.56. The van der Waals surface area contributed by atoms with Crippen molar-refractivity contribution < 1.29 is 0 Å². The van der Waals surface area contributed by atoms with E-state index in [1.807, 2.05) is 0 Å². The molecule has 0 amide bonds. The maximum absolute atomic E-state index is 3.98. The van der Waals surface area contributed by atoms with Crippen LogP contribution < -0.4 is 5.32 Å². The lowest BCUT2D eigenvalue weighted by molar-refractivity contribution is 0.182. The van der Waals surface area contributed by atoms with Crippen LogP contribution in [0.2, 0.25) is 0 Å². The molecule has 6 unspecified atom stereocenters. The first-order chi connectivity index (χ1) is 7.59. The molecule has 2 rings (SSSR count). The Labute approximate surface area is 101 Å². The molecule has 2 fully saturated rings. The molecule has 1 N–H and O–H groups in total. The topological polar surface area (TPSA) is 12.0 Å². The van der Waals surface area contributed by atoms with E-state index in [1.165, 1.54) is 32.1 Å². The van der Waals surface area contributed by atoms with E-state index in [9.17, 15) is 0 Å². The Balaban J connectivity index is 1.89. The SMILES string of the molecule is CC1CCCC(NC2CCC(C)C2C)C1C. The van der Waals surface area contributed by atoms with E-state index in [1.54, 1.807) is 0 Å². The second kappa shape index (κ2) is 5.08. The molecule has 0 aliphatic heterocycles. The number of hydrogen-bond donors (Lipinski definition) is 1. The van der Waals surface area contributed by atoms with E-state index in [4.69, 9.17) is 0 Å². The number of hydrogen-bond acceptors (Lipinski definition) is 1. The number of rotatable bonds is 2. The first kappa shape index (κ1) is 12.4. The largest absolute Gasteiger partial charge is 0.311 e. The highest BCUT2D eigenvalue weighted by molar-refractivity contribution is 4.90. The lowest BCUT2D eigenvalue weighted by Gasteiger charge is -2.37. The zero-order valence-corrected chi connectivity index (χ0v) is 11.5. The van der Waals surface area contributed by atoms with Crippen LogP contribution in [0.25, 0.3) is 0 Å². The molecule has 6 atom stereocenters. The molecule has 0 heterocycles. The van der Waals surface area contributed by atoms with Crippen molar-refractivity contribution in [2.24, 2.45) is 23.7 Å². The second-order valence-corrected chi connectivity index (χ2v) is 6.56. The van der Waals surface area contributed by atoms with Crippen molar-refractivity contribution in [2.45, 2.75) is 71.9 Å². The first-order valence-electron chi connectivity index (χ1n) is 7.35. The van der Waals surface area contributed by atoms with E-state index >= 15 is 0 Å². The predicted octanol–water partition coefficient (Wildman–Crippen LogP) is 3.84. The molecule has 0 aromatic rings. The van der Waals surface area contributed by atoms with Gasteiger partial charge in [-0.25, -0.2) is 0 Å². The van der Waals surface area contributed by atoms with Gasteiger partial charge in [-0.2, -0.15) is 0 Å². The molecule has 0 bridgehead atoms. The molecule has 16 heavy (non-hydrogen) atoms. The summed E-state index contributed by atoms with van der Waals surface area (Å²) in [5.74, 6) is 3.59. The van der Waals surface area contributed by atoms with Crippen molar-refractivity contribution >= 4 is 0 Å².